The van der Waals surface area contributed by atoms with E-state index >= 15 is 0 Å². The summed E-state index contributed by atoms with van der Waals surface area (Å²) in [5, 5.41) is 16.9. The van der Waals surface area contributed by atoms with Crippen molar-refractivity contribution in [1.29, 1.82) is 0 Å². The average Bonchev–Trinajstić information content (AvgIpc) is 2.66. The Morgan fingerprint density at radius 3 is 2.50 bits per heavy atom. The van der Waals surface area contributed by atoms with Crippen LogP contribution in [0.5, 0.6) is 5.75 Å². The van der Waals surface area contributed by atoms with E-state index in [2.05, 4.69) is 10.4 Å². The van der Waals surface area contributed by atoms with Gasteiger partial charge in [-0.1, -0.05) is 24.3 Å². The van der Waals surface area contributed by atoms with Gasteiger partial charge in [0.2, 0.25) is 0 Å². The molecule has 0 saturated carbocycles. The molecule has 0 aliphatic heterocycles. The zero-order valence-corrected chi connectivity index (χ0v) is 13.8. The number of ether oxygens (including phenoxy) is 1. The lowest BCUT2D eigenvalue weighted by Crippen LogP contribution is -2.37. The largest absolute Gasteiger partial charge is 0.497 e. The number of hydrazone groups is 1. The van der Waals surface area contributed by atoms with Gasteiger partial charge >= 0.3 is 11.8 Å². The molecule has 0 radical (unpaired) electrons. The number of rotatable bonds is 6. The standard InChI is InChI=1S/C17H16N4O5/c1-26-14-8-6-12(7-9-14)10-18-16(22)17(23)20-19-11-13-4-2-3-5-15(13)21(24)25/h2-9,11H,10H2,1H3,(H,18,22)(H,20,23). The van der Waals surface area contributed by atoms with Gasteiger partial charge in [-0.15, -0.1) is 0 Å². The molecule has 2 aromatic carbocycles. The van der Waals surface area contributed by atoms with Crippen molar-refractivity contribution < 1.29 is 19.2 Å². The Morgan fingerprint density at radius 1 is 1.15 bits per heavy atom. The molecule has 0 unspecified atom stereocenters. The van der Waals surface area contributed by atoms with Gasteiger partial charge in [0.15, 0.2) is 0 Å². The van der Waals surface area contributed by atoms with Gasteiger partial charge in [-0.05, 0) is 23.8 Å². The molecule has 0 spiro atoms. The van der Waals surface area contributed by atoms with Crippen molar-refractivity contribution in [3.63, 3.8) is 0 Å². The van der Waals surface area contributed by atoms with Crippen LogP contribution in [-0.4, -0.2) is 30.1 Å². The third kappa shape index (κ3) is 5.13. The van der Waals surface area contributed by atoms with Crippen molar-refractivity contribution in [1.82, 2.24) is 10.7 Å². The highest BCUT2D eigenvalue weighted by Crippen LogP contribution is 2.15. The van der Waals surface area contributed by atoms with Crippen LogP contribution >= 0.6 is 0 Å². The number of nitro benzene ring substituents is 1. The first-order chi connectivity index (χ1) is 12.5. The first-order valence-electron chi connectivity index (χ1n) is 7.49. The topological polar surface area (TPSA) is 123 Å². The van der Waals surface area contributed by atoms with Crippen LogP contribution in [0, 0.1) is 10.1 Å². The molecule has 0 aromatic heterocycles. The Morgan fingerprint density at radius 2 is 1.85 bits per heavy atom. The quantitative estimate of drug-likeness (QED) is 0.350. The Bertz CT molecular complexity index is 833. The molecule has 0 heterocycles. The second-order valence-corrected chi connectivity index (χ2v) is 5.05. The van der Waals surface area contributed by atoms with Gasteiger partial charge < -0.3 is 10.1 Å². The lowest BCUT2D eigenvalue weighted by molar-refractivity contribution is -0.385. The van der Waals surface area contributed by atoms with Crippen LogP contribution in [0.25, 0.3) is 0 Å². The highest BCUT2D eigenvalue weighted by molar-refractivity contribution is 6.35. The Balaban J connectivity index is 1.87. The third-order valence-corrected chi connectivity index (χ3v) is 3.32. The van der Waals surface area contributed by atoms with Crippen LogP contribution in [0.2, 0.25) is 0 Å². The number of nitro groups is 1. The fourth-order valence-corrected chi connectivity index (χ4v) is 1.98. The van der Waals surface area contributed by atoms with Crippen molar-refractivity contribution >= 4 is 23.7 Å². The van der Waals surface area contributed by atoms with Gasteiger partial charge in [-0.25, -0.2) is 5.43 Å². The van der Waals surface area contributed by atoms with E-state index in [1.807, 2.05) is 5.43 Å². The Labute approximate surface area is 148 Å². The fourth-order valence-electron chi connectivity index (χ4n) is 1.98. The SMILES string of the molecule is COc1ccc(CNC(=O)C(=O)NN=Cc2ccccc2[N+](=O)[O-])cc1. The van der Waals surface area contributed by atoms with Gasteiger partial charge in [0.25, 0.3) is 5.69 Å². The van der Waals surface area contributed by atoms with Crippen molar-refractivity contribution in [3.05, 3.63) is 69.8 Å². The number of hydrogen-bond donors (Lipinski definition) is 2. The number of nitrogens with zero attached hydrogens (tertiary/aromatic N) is 2. The zero-order chi connectivity index (χ0) is 18.9. The molecule has 0 atom stereocenters. The fraction of sp³-hybridized carbons (Fsp3) is 0.118. The van der Waals surface area contributed by atoms with Crippen molar-refractivity contribution in [2.75, 3.05) is 7.11 Å². The third-order valence-electron chi connectivity index (χ3n) is 3.32. The summed E-state index contributed by atoms with van der Waals surface area (Å²) >= 11 is 0. The van der Waals surface area contributed by atoms with Crippen LogP contribution in [0.15, 0.2) is 53.6 Å². The summed E-state index contributed by atoms with van der Waals surface area (Å²) in [6.45, 7) is 0.157. The molecule has 26 heavy (non-hydrogen) atoms. The first-order valence-corrected chi connectivity index (χ1v) is 7.49. The lowest BCUT2D eigenvalue weighted by Gasteiger charge is -2.05. The molecule has 0 saturated heterocycles. The van der Waals surface area contributed by atoms with Crippen LogP contribution in [0.4, 0.5) is 5.69 Å². The molecule has 2 rings (SSSR count). The first kappa shape index (κ1) is 18.6. The maximum Gasteiger partial charge on any atom is 0.329 e. The second kappa shape index (κ2) is 8.92. The summed E-state index contributed by atoms with van der Waals surface area (Å²) in [7, 11) is 1.55. The minimum Gasteiger partial charge on any atom is -0.497 e. The summed E-state index contributed by atoms with van der Waals surface area (Å²) in [6.07, 6.45) is 1.10. The van der Waals surface area contributed by atoms with E-state index in [-0.39, 0.29) is 17.8 Å². The molecule has 0 aliphatic carbocycles. The van der Waals surface area contributed by atoms with E-state index in [1.165, 1.54) is 18.2 Å². The number of carbonyl (C=O) groups is 2. The number of para-hydroxylation sites is 1. The highest BCUT2D eigenvalue weighted by atomic mass is 16.6. The van der Waals surface area contributed by atoms with Crippen molar-refractivity contribution in [2.45, 2.75) is 6.54 Å². The summed E-state index contributed by atoms with van der Waals surface area (Å²) < 4.78 is 5.03. The Kier molecular flexibility index (Phi) is 6.38. The van der Waals surface area contributed by atoms with Crippen LogP contribution in [0.1, 0.15) is 11.1 Å². The number of methoxy groups -OCH3 is 1. The summed E-state index contributed by atoms with van der Waals surface area (Å²) in [6, 6.07) is 12.9. The smallest absolute Gasteiger partial charge is 0.329 e. The van der Waals surface area contributed by atoms with E-state index in [1.54, 1.807) is 37.4 Å². The number of hydrogen-bond acceptors (Lipinski definition) is 6. The highest BCUT2D eigenvalue weighted by Gasteiger charge is 2.13. The Hall–Kier alpha value is -3.75. The minimum atomic E-state index is -0.978. The van der Waals surface area contributed by atoms with E-state index in [0.717, 1.165) is 11.8 Å². The summed E-state index contributed by atoms with van der Waals surface area (Å²) in [5.74, 6) is -1.17. The molecule has 2 aromatic rings. The molecular formula is C17H16N4O5. The van der Waals surface area contributed by atoms with Crippen LogP contribution in [-0.2, 0) is 16.1 Å². The van der Waals surface area contributed by atoms with Crippen molar-refractivity contribution in [2.24, 2.45) is 5.10 Å². The maximum absolute atomic E-state index is 11.7. The molecule has 0 aliphatic rings. The van der Waals surface area contributed by atoms with Gasteiger partial charge in [0.05, 0.1) is 23.8 Å². The predicted molar refractivity (Wildman–Crippen MR) is 93.7 cm³/mol. The number of nitrogens with one attached hydrogen (secondary N) is 2. The maximum atomic E-state index is 11.7. The number of amides is 2. The zero-order valence-electron chi connectivity index (χ0n) is 13.8. The summed E-state index contributed by atoms with van der Waals surface area (Å²) in [4.78, 5) is 33.7. The van der Waals surface area contributed by atoms with Gasteiger partial charge in [-0.3, -0.25) is 19.7 Å². The van der Waals surface area contributed by atoms with E-state index in [9.17, 15) is 19.7 Å². The second-order valence-electron chi connectivity index (χ2n) is 5.05. The van der Waals surface area contributed by atoms with E-state index in [4.69, 9.17) is 4.74 Å². The predicted octanol–water partition coefficient (Wildman–Crippen LogP) is 1.37. The van der Waals surface area contributed by atoms with Gasteiger partial charge in [-0.2, -0.15) is 5.10 Å². The molecule has 9 nitrogen and oxygen atoms in total. The van der Waals surface area contributed by atoms with Crippen LogP contribution < -0.4 is 15.5 Å². The molecule has 2 amide bonds. The van der Waals surface area contributed by atoms with E-state index < -0.39 is 16.7 Å². The van der Waals surface area contributed by atoms with E-state index in [0.29, 0.717) is 5.75 Å². The molecule has 0 bridgehead atoms. The molecular weight excluding hydrogens is 340 g/mol. The molecule has 9 heteroatoms. The van der Waals surface area contributed by atoms with Gasteiger partial charge in [0.1, 0.15) is 5.75 Å². The average molecular weight is 356 g/mol. The number of benzene rings is 2. The van der Waals surface area contributed by atoms with Crippen LogP contribution in [0.3, 0.4) is 0 Å². The molecule has 134 valence electrons. The molecule has 2 N–H and O–H groups in total. The van der Waals surface area contributed by atoms with Crippen molar-refractivity contribution in [3.8, 4) is 5.75 Å². The minimum absolute atomic E-state index is 0.157. The lowest BCUT2D eigenvalue weighted by atomic mass is 10.2. The summed E-state index contributed by atoms with van der Waals surface area (Å²) in [5.41, 5.74) is 2.86. The van der Waals surface area contributed by atoms with Gasteiger partial charge in [0, 0.05) is 12.6 Å². The molecule has 0 fully saturated rings. The number of carbonyl (C=O) groups excluding carboxylic acids is 2. The monoisotopic (exact) mass is 356 g/mol. The normalized spacial score (nSPS) is 10.3.